The Labute approximate surface area is 120 Å². The second-order valence-corrected chi connectivity index (χ2v) is 5.49. The van der Waals surface area contributed by atoms with Crippen molar-refractivity contribution < 1.29 is 0 Å². The molecule has 0 unspecified atom stereocenters. The molecular weight excluding hydrogens is 248 g/mol. The minimum Gasteiger partial charge on any atom is -0.399 e. The van der Waals surface area contributed by atoms with E-state index < -0.39 is 0 Å². The molecule has 0 radical (unpaired) electrons. The summed E-state index contributed by atoms with van der Waals surface area (Å²) in [7, 11) is 0. The molecule has 4 nitrogen and oxygen atoms in total. The molecule has 1 aliphatic heterocycles. The van der Waals surface area contributed by atoms with E-state index >= 15 is 0 Å². The molecule has 2 heterocycles. The lowest BCUT2D eigenvalue weighted by Crippen LogP contribution is -2.29. The van der Waals surface area contributed by atoms with Crippen molar-refractivity contribution in [3.63, 3.8) is 0 Å². The van der Waals surface area contributed by atoms with Crippen molar-refractivity contribution in [1.29, 1.82) is 0 Å². The Bertz CT molecular complexity index is 588. The Morgan fingerprint density at radius 3 is 3.10 bits per heavy atom. The Kier molecular flexibility index (Phi) is 3.63. The highest BCUT2D eigenvalue weighted by Gasteiger charge is 2.18. The summed E-state index contributed by atoms with van der Waals surface area (Å²) in [5.74, 6) is 0. The Morgan fingerprint density at radius 1 is 1.35 bits per heavy atom. The fourth-order valence-corrected chi connectivity index (χ4v) is 2.98. The van der Waals surface area contributed by atoms with Gasteiger partial charge in [0.05, 0.1) is 18.6 Å². The molecule has 106 valence electrons. The number of anilines is 2. The summed E-state index contributed by atoms with van der Waals surface area (Å²) in [6, 6.07) is 6.27. The standard InChI is InChI=1S/C16H22N4/c1-2-7-20-12-18-10-15(20)11-19-8-3-4-13-9-14(17)5-6-16(13)19/h5-6,9-10,12H,2-4,7-8,11,17H2,1H3. The van der Waals surface area contributed by atoms with Crippen LogP contribution in [0.3, 0.4) is 0 Å². The molecule has 0 amide bonds. The maximum atomic E-state index is 5.89. The number of aromatic nitrogens is 2. The van der Waals surface area contributed by atoms with Gasteiger partial charge in [0.15, 0.2) is 0 Å². The van der Waals surface area contributed by atoms with Crippen molar-refractivity contribution in [2.24, 2.45) is 0 Å². The molecule has 0 aliphatic carbocycles. The topological polar surface area (TPSA) is 47.1 Å². The second-order valence-electron chi connectivity index (χ2n) is 5.49. The van der Waals surface area contributed by atoms with Gasteiger partial charge in [-0.1, -0.05) is 6.92 Å². The first-order chi connectivity index (χ1) is 9.78. The first-order valence-electron chi connectivity index (χ1n) is 7.40. The fraction of sp³-hybridized carbons (Fsp3) is 0.438. The van der Waals surface area contributed by atoms with Crippen LogP contribution in [0.1, 0.15) is 31.0 Å². The lowest BCUT2D eigenvalue weighted by molar-refractivity contribution is 0.617. The first-order valence-corrected chi connectivity index (χ1v) is 7.40. The van der Waals surface area contributed by atoms with Crippen LogP contribution in [0.5, 0.6) is 0 Å². The number of nitrogen functional groups attached to an aromatic ring is 1. The summed E-state index contributed by atoms with van der Waals surface area (Å²) < 4.78 is 2.26. The van der Waals surface area contributed by atoms with Crippen molar-refractivity contribution in [2.75, 3.05) is 17.2 Å². The summed E-state index contributed by atoms with van der Waals surface area (Å²) >= 11 is 0. The van der Waals surface area contributed by atoms with Gasteiger partial charge in [0.25, 0.3) is 0 Å². The summed E-state index contributed by atoms with van der Waals surface area (Å²) in [5.41, 5.74) is 10.7. The molecule has 4 heteroatoms. The number of nitrogens with zero attached hydrogens (tertiary/aromatic N) is 3. The van der Waals surface area contributed by atoms with Gasteiger partial charge in [-0.3, -0.25) is 0 Å². The van der Waals surface area contributed by atoms with Crippen LogP contribution in [0.15, 0.2) is 30.7 Å². The van der Waals surface area contributed by atoms with Gasteiger partial charge in [-0.15, -0.1) is 0 Å². The van der Waals surface area contributed by atoms with Gasteiger partial charge >= 0.3 is 0 Å². The molecule has 1 aliphatic rings. The molecule has 3 rings (SSSR count). The van der Waals surface area contributed by atoms with Gasteiger partial charge in [0.2, 0.25) is 0 Å². The Hall–Kier alpha value is -1.97. The van der Waals surface area contributed by atoms with Crippen LogP contribution in [-0.2, 0) is 19.5 Å². The van der Waals surface area contributed by atoms with Crippen molar-refractivity contribution in [2.45, 2.75) is 39.3 Å². The van der Waals surface area contributed by atoms with Gasteiger partial charge in [-0.25, -0.2) is 4.98 Å². The molecule has 20 heavy (non-hydrogen) atoms. The van der Waals surface area contributed by atoms with E-state index in [1.807, 2.05) is 18.6 Å². The SMILES string of the molecule is CCCn1cncc1CN1CCCc2cc(N)ccc21. The van der Waals surface area contributed by atoms with Gasteiger partial charge in [-0.05, 0) is 43.0 Å². The van der Waals surface area contributed by atoms with E-state index in [2.05, 4.69) is 33.5 Å². The van der Waals surface area contributed by atoms with Crippen molar-refractivity contribution in [3.05, 3.63) is 42.0 Å². The number of aryl methyl sites for hydroxylation is 2. The largest absolute Gasteiger partial charge is 0.399 e. The lowest BCUT2D eigenvalue weighted by Gasteiger charge is -2.31. The highest BCUT2D eigenvalue weighted by Crippen LogP contribution is 2.29. The number of nitrogens with two attached hydrogens (primary N) is 1. The molecule has 1 aromatic heterocycles. The molecule has 0 fully saturated rings. The van der Waals surface area contributed by atoms with Crippen LogP contribution in [0.4, 0.5) is 11.4 Å². The van der Waals surface area contributed by atoms with Gasteiger partial charge in [0, 0.05) is 30.7 Å². The van der Waals surface area contributed by atoms with Crippen LogP contribution in [-0.4, -0.2) is 16.1 Å². The number of fused-ring (bicyclic) bond motifs is 1. The van der Waals surface area contributed by atoms with Crippen LogP contribution in [0.2, 0.25) is 0 Å². The number of imidazole rings is 1. The van der Waals surface area contributed by atoms with Crippen LogP contribution in [0, 0.1) is 0 Å². The smallest absolute Gasteiger partial charge is 0.0948 e. The zero-order valence-corrected chi connectivity index (χ0v) is 12.0. The normalized spacial score (nSPS) is 14.3. The van der Waals surface area contributed by atoms with Crippen molar-refractivity contribution in [3.8, 4) is 0 Å². The summed E-state index contributed by atoms with van der Waals surface area (Å²) in [4.78, 5) is 6.74. The summed E-state index contributed by atoms with van der Waals surface area (Å²) in [6.07, 6.45) is 7.38. The summed E-state index contributed by atoms with van der Waals surface area (Å²) in [6.45, 7) is 5.27. The molecule has 2 aromatic rings. The molecule has 0 atom stereocenters. The van der Waals surface area contributed by atoms with E-state index in [-0.39, 0.29) is 0 Å². The van der Waals surface area contributed by atoms with E-state index in [0.717, 1.165) is 38.2 Å². The quantitative estimate of drug-likeness (QED) is 0.869. The minimum absolute atomic E-state index is 0.863. The van der Waals surface area contributed by atoms with E-state index in [1.54, 1.807) is 0 Å². The van der Waals surface area contributed by atoms with E-state index in [4.69, 9.17) is 5.73 Å². The number of benzene rings is 1. The molecule has 1 aromatic carbocycles. The maximum Gasteiger partial charge on any atom is 0.0948 e. The zero-order valence-electron chi connectivity index (χ0n) is 12.0. The average molecular weight is 270 g/mol. The third-order valence-electron chi connectivity index (χ3n) is 3.93. The van der Waals surface area contributed by atoms with E-state index in [9.17, 15) is 0 Å². The third kappa shape index (κ3) is 2.50. The predicted octanol–water partition coefficient (Wildman–Crippen LogP) is 2.83. The van der Waals surface area contributed by atoms with Gasteiger partial charge < -0.3 is 15.2 Å². The Balaban J connectivity index is 1.84. The molecule has 0 bridgehead atoms. The van der Waals surface area contributed by atoms with Crippen LogP contribution >= 0.6 is 0 Å². The molecule has 0 saturated carbocycles. The molecule has 0 spiro atoms. The van der Waals surface area contributed by atoms with Crippen LogP contribution in [0.25, 0.3) is 0 Å². The third-order valence-corrected chi connectivity index (χ3v) is 3.93. The van der Waals surface area contributed by atoms with Gasteiger partial charge in [0.1, 0.15) is 0 Å². The highest BCUT2D eigenvalue weighted by atomic mass is 15.2. The first kappa shape index (κ1) is 13.0. The molecule has 2 N–H and O–H groups in total. The van der Waals surface area contributed by atoms with Gasteiger partial charge in [-0.2, -0.15) is 0 Å². The zero-order chi connectivity index (χ0) is 13.9. The molecular formula is C16H22N4. The van der Waals surface area contributed by atoms with Crippen LogP contribution < -0.4 is 10.6 Å². The van der Waals surface area contributed by atoms with Crippen molar-refractivity contribution in [1.82, 2.24) is 9.55 Å². The average Bonchev–Trinajstić information content (AvgIpc) is 2.86. The monoisotopic (exact) mass is 270 g/mol. The Morgan fingerprint density at radius 2 is 2.25 bits per heavy atom. The fourth-order valence-electron chi connectivity index (χ4n) is 2.98. The lowest BCUT2D eigenvalue weighted by atomic mass is 10.0. The number of rotatable bonds is 4. The predicted molar refractivity (Wildman–Crippen MR) is 82.7 cm³/mol. The summed E-state index contributed by atoms with van der Waals surface area (Å²) in [5, 5.41) is 0. The minimum atomic E-state index is 0.863. The second kappa shape index (κ2) is 5.57. The molecule has 0 saturated heterocycles. The van der Waals surface area contributed by atoms with E-state index in [1.165, 1.54) is 23.4 Å². The maximum absolute atomic E-state index is 5.89. The number of hydrogen-bond acceptors (Lipinski definition) is 3. The number of hydrogen-bond donors (Lipinski definition) is 1. The highest BCUT2D eigenvalue weighted by molar-refractivity contribution is 5.61. The van der Waals surface area contributed by atoms with Crippen molar-refractivity contribution >= 4 is 11.4 Å². The van der Waals surface area contributed by atoms with E-state index in [0.29, 0.717) is 0 Å².